The zero-order chi connectivity index (χ0) is 13.5. The lowest BCUT2D eigenvalue weighted by Crippen LogP contribution is -2.31. The van der Waals surface area contributed by atoms with E-state index >= 15 is 0 Å². The van der Waals surface area contributed by atoms with Crippen molar-refractivity contribution >= 4 is 23.7 Å². The van der Waals surface area contributed by atoms with Crippen LogP contribution in [0, 0.1) is 0 Å². The highest BCUT2D eigenvalue weighted by Gasteiger charge is 2.22. The predicted molar refractivity (Wildman–Crippen MR) is 68.9 cm³/mol. The molecule has 0 radical (unpaired) electrons. The Bertz CT molecular complexity index is 297. The van der Waals surface area contributed by atoms with Crippen molar-refractivity contribution in [3.8, 4) is 0 Å². The van der Waals surface area contributed by atoms with Crippen molar-refractivity contribution in [2.45, 2.75) is 32.8 Å². The van der Waals surface area contributed by atoms with Crippen LogP contribution in [0.4, 0.5) is 0 Å². The van der Waals surface area contributed by atoms with Crippen molar-refractivity contribution in [2.75, 3.05) is 18.6 Å². The standard InChI is InChI=1S/C12H20O4S/c1-9(2)11(14)15-7-6-10(13)16-12(3,4)8-17-5/h1,6-8H2,2-5H3. The Labute approximate surface area is 107 Å². The van der Waals surface area contributed by atoms with Crippen molar-refractivity contribution < 1.29 is 19.1 Å². The van der Waals surface area contributed by atoms with E-state index in [1.165, 1.54) is 0 Å². The second-order valence-corrected chi connectivity index (χ2v) is 5.20. The molecule has 0 fully saturated rings. The number of hydrogen-bond acceptors (Lipinski definition) is 5. The average molecular weight is 260 g/mol. The molecule has 5 heteroatoms. The molecule has 98 valence electrons. The number of esters is 2. The van der Waals surface area contributed by atoms with Crippen molar-refractivity contribution in [1.82, 2.24) is 0 Å². The highest BCUT2D eigenvalue weighted by atomic mass is 32.2. The second kappa shape index (κ2) is 7.37. The Morgan fingerprint density at radius 2 is 1.94 bits per heavy atom. The van der Waals surface area contributed by atoms with E-state index in [-0.39, 0.29) is 19.0 Å². The Kier molecular flexibility index (Phi) is 6.95. The van der Waals surface area contributed by atoms with Crippen LogP contribution >= 0.6 is 11.8 Å². The number of rotatable bonds is 7. The van der Waals surface area contributed by atoms with Gasteiger partial charge >= 0.3 is 11.9 Å². The van der Waals surface area contributed by atoms with Crippen LogP contribution in [0.25, 0.3) is 0 Å². The molecule has 0 aromatic heterocycles. The monoisotopic (exact) mass is 260 g/mol. The molecule has 0 saturated carbocycles. The summed E-state index contributed by atoms with van der Waals surface area (Å²) in [4.78, 5) is 22.5. The van der Waals surface area contributed by atoms with Gasteiger partial charge in [-0.1, -0.05) is 6.58 Å². The molecule has 17 heavy (non-hydrogen) atoms. The SMILES string of the molecule is C=C(C)C(=O)OCCC(=O)OC(C)(C)CSC. The summed E-state index contributed by atoms with van der Waals surface area (Å²) in [6.07, 6.45) is 2.01. The van der Waals surface area contributed by atoms with E-state index in [0.717, 1.165) is 5.75 Å². The molecule has 0 aliphatic heterocycles. The molecule has 0 rings (SSSR count). The third-order valence-electron chi connectivity index (χ3n) is 1.77. The van der Waals surface area contributed by atoms with Crippen LogP contribution in [0.5, 0.6) is 0 Å². The molecule has 0 aliphatic rings. The summed E-state index contributed by atoms with van der Waals surface area (Å²) in [5.74, 6) is -0.121. The molecule has 0 atom stereocenters. The largest absolute Gasteiger partial charge is 0.462 e. The number of ether oxygens (including phenoxy) is 2. The van der Waals surface area contributed by atoms with Crippen molar-refractivity contribution in [3.05, 3.63) is 12.2 Å². The molecular weight excluding hydrogens is 240 g/mol. The fraction of sp³-hybridized carbons (Fsp3) is 0.667. The van der Waals surface area contributed by atoms with Gasteiger partial charge in [-0.3, -0.25) is 4.79 Å². The van der Waals surface area contributed by atoms with E-state index in [2.05, 4.69) is 6.58 Å². The smallest absolute Gasteiger partial charge is 0.333 e. The van der Waals surface area contributed by atoms with Gasteiger partial charge in [-0.15, -0.1) is 0 Å². The first-order valence-corrected chi connectivity index (χ1v) is 6.71. The molecule has 0 unspecified atom stereocenters. The van der Waals surface area contributed by atoms with Crippen LogP contribution in [0.15, 0.2) is 12.2 Å². The van der Waals surface area contributed by atoms with Crippen LogP contribution in [0.2, 0.25) is 0 Å². The van der Waals surface area contributed by atoms with E-state index in [1.807, 2.05) is 20.1 Å². The maximum Gasteiger partial charge on any atom is 0.333 e. The van der Waals surface area contributed by atoms with Crippen LogP contribution in [0.3, 0.4) is 0 Å². The van der Waals surface area contributed by atoms with Gasteiger partial charge in [0, 0.05) is 11.3 Å². The van der Waals surface area contributed by atoms with E-state index in [9.17, 15) is 9.59 Å². The molecule has 0 bridgehead atoms. The fourth-order valence-corrected chi connectivity index (χ4v) is 1.84. The van der Waals surface area contributed by atoms with Gasteiger partial charge in [-0.05, 0) is 27.0 Å². The first-order chi connectivity index (χ1) is 7.78. The summed E-state index contributed by atoms with van der Waals surface area (Å²) in [5.41, 5.74) is -0.171. The van der Waals surface area contributed by atoms with E-state index in [0.29, 0.717) is 5.57 Å². The van der Waals surface area contributed by atoms with Crippen LogP contribution in [-0.2, 0) is 19.1 Å². The zero-order valence-corrected chi connectivity index (χ0v) is 11.7. The van der Waals surface area contributed by atoms with Gasteiger partial charge < -0.3 is 9.47 Å². The molecule has 0 aromatic carbocycles. The minimum Gasteiger partial charge on any atom is -0.462 e. The van der Waals surface area contributed by atoms with Crippen LogP contribution in [-0.4, -0.2) is 36.2 Å². The summed E-state index contributed by atoms with van der Waals surface area (Å²) in [6.45, 7) is 8.73. The summed E-state index contributed by atoms with van der Waals surface area (Å²) in [7, 11) is 0. The van der Waals surface area contributed by atoms with Gasteiger partial charge in [-0.25, -0.2) is 4.79 Å². The van der Waals surface area contributed by atoms with E-state index in [4.69, 9.17) is 9.47 Å². The highest BCUT2D eigenvalue weighted by Crippen LogP contribution is 2.15. The topological polar surface area (TPSA) is 52.6 Å². The third kappa shape index (κ3) is 7.85. The molecular formula is C12H20O4S. The number of carbonyl (C=O) groups is 2. The quantitative estimate of drug-likeness (QED) is 0.519. The Morgan fingerprint density at radius 1 is 1.35 bits per heavy atom. The Hall–Kier alpha value is -0.970. The summed E-state index contributed by atoms with van der Waals surface area (Å²) < 4.78 is 10.1. The van der Waals surface area contributed by atoms with Gasteiger partial charge in [0.2, 0.25) is 0 Å². The Balaban J connectivity index is 3.88. The second-order valence-electron chi connectivity index (χ2n) is 4.33. The third-order valence-corrected chi connectivity index (χ3v) is 2.75. The molecule has 0 spiro atoms. The zero-order valence-electron chi connectivity index (χ0n) is 10.9. The average Bonchev–Trinajstić information content (AvgIpc) is 2.15. The van der Waals surface area contributed by atoms with E-state index < -0.39 is 11.6 Å². The van der Waals surface area contributed by atoms with Gasteiger partial charge in [0.25, 0.3) is 0 Å². The maximum absolute atomic E-state index is 11.4. The molecule has 0 amide bonds. The minimum atomic E-state index is -0.491. The molecule has 4 nitrogen and oxygen atoms in total. The number of thioether (sulfide) groups is 1. The molecule has 0 aromatic rings. The normalized spacial score (nSPS) is 10.8. The van der Waals surface area contributed by atoms with Gasteiger partial charge in [0.05, 0.1) is 6.42 Å². The molecule has 0 aliphatic carbocycles. The lowest BCUT2D eigenvalue weighted by molar-refractivity contribution is -0.156. The molecule has 0 saturated heterocycles. The van der Waals surface area contributed by atoms with Crippen LogP contribution in [0.1, 0.15) is 27.2 Å². The first kappa shape index (κ1) is 16.0. The summed E-state index contributed by atoms with van der Waals surface area (Å²) in [5, 5.41) is 0. The van der Waals surface area contributed by atoms with E-state index in [1.54, 1.807) is 18.7 Å². The van der Waals surface area contributed by atoms with Crippen LogP contribution < -0.4 is 0 Å². The predicted octanol–water partition coefficient (Wildman–Crippen LogP) is 2.18. The van der Waals surface area contributed by atoms with Crippen molar-refractivity contribution in [3.63, 3.8) is 0 Å². The van der Waals surface area contributed by atoms with Gasteiger partial charge in [0.1, 0.15) is 12.2 Å². The Morgan fingerprint density at radius 3 is 2.41 bits per heavy atom. The lowest BCUT2D eigenvalue weighted by Gasteiger charge is -2.24. The molecule has 0 heterocycles. The highest BCUT2D eigenvalue weighted by molar-refractivity contribution is 7.98. The number of hydrogen-bond donors (Lipinski definition) is 0. The maximum atomic E-state index is 11.4. The van der Waals surface area contributed by atoms with Gasteiger partial charge in [-0.2, -0.15) is 11.8 Å². The summed E-state index contributed by atoms with van der Waals surface area (Å²) in [6, 6.07) is 0. The first-order valence-electron chi connectivity index (χ1n) is 5.32. The fourth-order valence-electron chi connectivity index (χ4n) is 1.09. The minimum absolute atomic E-state index is 0.0277. The summed E-state index contributed by atoms with van der Waals surface area (Å²) >= 11 is 1.61. The lowest BCUT2D eigenvalue weighted by atomic mass is 10.2. The van der Waals surface area contributed by atoms with Gasteiger partial charge in [0.15, 0.2) is 0 Å². The number of carbonyl (C=O) groups excluding carboxylic acids is 2. The van der Waals surface area contributed by atoms with Crippen molar-refractivity contribution in [1.29, 1.82) is 0 Å². The van der Waals surface area contributed by atoms with Crippen molar-refractivity contribution in [2.24, 2.45) is 0 Å². The molecule has 0 N–H and O–H groups in total.